The molecule has 0 aliphatic carbocycles. The summed E-state index contributed by atoms with van der Waals surface area (Å²) < 4.78 is 0. The predicted octanol–water partition coefficient (Wildman–Crippen LogP) is 3.43. The minimum absolute atomic E-state index is 0.120. The summed E-state index contributed by atoms with van der Waals surface area (Å²) in [5, 5.41) is 5.83. The lowest BCUT2D eigenvalue weighted by Crippen LogP contribution is -2.14. The fraction of sp³-hybridized carbons (Fsp3) is 0.0667. The molecule has 2 aromatic heterocycles. The Labute approximate surface area is 136 Å². The predicted molar refractivity (Wildman–Crippen MR) is 86.9 cm³/mol. The van der Waals surface area contributed by atoms with E-state index in [0.717, 1.165) is 11.3 Å². The molecule has 0 saturated carbocycles. The average molecular weight is 331 g/mol. The monoisotopic (exact) mass is 330 g/mol. The molecule has 3 aromatic rings. The molecule has 0 spiro atoms. The van der Waals surface area contributed by atoms with Gasteiger partial charge in [-0.05, 0) is 23.8 Å². The Bertz CT molecular complexity index is 774. The smallest absolute Gasteiger partial charge is 0.230 e. The third kappa shape index (κ3) is 3.66. The number of benzene rings is 1. The number of rotatable bonds is 4. The van der Waals surface area contributed by atoms with E-state index in [1.54, 1.807) is 24.4 Å². The average Bonchev–Trinajstić information content (AvgIpc) is 2.99. The molecule has 5 nitrogen and oxygen atoms in total. The Morgan fingerprint density at radius 2 is 2.00 bits per heavy atom. The van der Waals surface area contributed by atoms with Crippen LogP contribution in [0.3, 0.4) is 0 Å². The second-order valence-corrected chi connectivity index (χ2v) is 5.78. The Morgan fingerprint density at radius 1 is 1.18 bits per heavy atom. The highest BCUT2D eigenvalue weighted by atomic mass is 35.5. The number of anilines is 1. The summed E-state index contributed by atoms with van der Waals surface area (Å²) in [4.78, 5) is 24.4. The Morgan fingerprint density at radius 3 is 2.73 bits per heavy atom. The largest absolute Gasteiger partial charge is 0.302 e. The van der Waals surface area contributed by atoms with Crippen LogP contribution in [0.25, 0.3) is 11.4 Å². The van der Waals surface area contributed by atoms with Crippen LogP contribution in [0.1, 0.15) is 5.56 Å². The van der Waals surface area contributed by atoms with Crippen molar-refractivity contribution in [3.05, 3.63) is 58.8 Å². The third-order valence-corrected chi connectivity index (χ3v) is 3.88. The summed E-state index contributed by atoms with van der Waals surface area (Å²) in [6.07, 6.45) is 3.40. The maximum Gasteiger partial charge on any atom is 0.230 e. The first kappa shape index (κ1) is 14.6. The van der Waals surface area contributed by atoms with Crippen LogP contribution in [0, 0.1) is 0 Å². The van der Waals surface area contributed by atoms with E-state index < -0.39 is 0 Å². The number of carbonyl (C=O) groups excluding carboxylic acids is 1. The van der Waals surface area contributed by atoms with E-state index in [1.165, 1.54) is 17.7 Å². The van der Waals surface area contributed by atoms with Gasteiger partial charge < -0.3 is 5.32 Å². The number of carbonyl (C=O) groups is 1. The molecular weight excluding hydrogens is 320 g/mol. The van der Waals surface area contributed by atoms with Gasteiger partial charge in [-0.1, -0.05) is 23.7 Å². The Hall–Kier alpha value is -2.31. The van der Waals surface area contributed by atoms with Crippen LogP contribution in [-0.4, -0.2) is 20.9 Å². The van der Waals surface area contributed by atoms with Gasteiger partial charge in [0, 0.05) is 16.6 Å². The Kier molecular flexibility index (Phi) is 4.41. The van der Waals surface area contributed by atoms with Crippen molar-refractivity contribution in [2.24, 2.45) is 0 Å². The first-order valence-corrected chi connectivity index (χ1v) is 7.73. The molecule has 0 fully saturated rings. The molecule has 0 saturated heterocycles. The van der Waals surface area contributed by atoms with Crippen LogP contribution < -0.4 is 5.32 Å². The van der Waals surface area contributed by atoms with E-state index in [0.29, 0.717) is 15.8 Å². The van der Waals surface area contributed by atoms with Gasteiger partial charge in [-0.3, -0.25) is 4.79 Å². The molecular formula is C15H11ClN4OS. The van der Waals surface area contributed by atoms with E-state index in [1.807, 2.05) is 17.5 Å². The molecule has 7 heteroatoms. The van der Waals surface area contributed by atoms with E-state index in [9.17, 15) is 4.79 Å². The minimum atomic E-state index is -0.120. The summed E-state index contributed by atoms with van der Waals surface area (Å²) in [5.41, 5.74) is 2.34. The first-order chi connectivity index (χ1) is 10.7. The second-order valence-electron chi connectivity index (χ2n) is 4.48. The van der Waals surface area contributed by atoms with Gasteiger partial charge in [-0.25, -0.2) is 15.0 Å². The minimum Gasteiger partial charge on any atom is -0.302 e. The van der Waals surface area contributed by atoms with Gasteiger partial charge in [0.15, 0.2) is 5.13 Å². The van der Waals surface area contributed by atoms with Gasteiger partial charge in [0.25, 0.3) is 0 Å². The number of aromatic nitrogens is 3. The maximum absolute atomic E-state index is 12.0. The van der Waals surface area contributed by atoms with Crippen molar-refractivity contribution in [1.29, 1.82) is 0 Å². The molecule has 1 amide bonds. The van der Waals surface area contributed by atoms with Gasteiger partial charge in [-0.2, -0.15) is 0 Å². The number of thiazole rings is 1. The van der Waals surface area contributed by atoms with Crippen molar-refractivity contribution in [3.8, 4) is 11.4 Å². The van der Waals surface area contributed by atoms with Gasteiger partial charge >= 0.3 is 0 Å². The van der Waals surface area contributed by atoms with Gasteiger partial charge in [0.2, 0.25) is 5.91 Å². The third-order valence-electron chi connectivity index (χ3n) is 2.87. The highest BCUT2D eigenvalue weighted by molar-refractivity contribution is 7.14. The van der Waals surface area contributed by atoms with Crippen molar-refractivity contribution >= 4 is 34.0 Å². The molecule has 1 N–H and O–H groups in total. The van der Waals surface area contributed by atoms with E-state index in [-0.39, 0.29) is 12.3 Å². The van der Waals surface area contributed by atoms with Crippen molar-refractivity contribution in [3.63, 3.8) is 0 Å². The highest BCUT2D eigenvalue weighted by Gasteiger charge is 2.09. The van der Waals surface area contributed by atoms with Crippen molar-refractivity contribution in [1.82, 2.24) is 15.0 Å². The zero-order valence-electron chi connectivity index (χ0n) is 11.4. The zero-order valence-corrected chi connectivity index (χ0v) is 12.9. The van der Waals surface area contributed by atoms with Crippen LogP contribution in [0.5, 0.6) is 0 Å². The van der Waals surface area contributed by atoms with E-state index in [2.05, 4.69) is 20.3 Å². The molecule has 3 rings (SSSR count). The van der Waals surface area contributed by atoms with Crippen LogP contribution >= 0.6 is 22.9 Å². The lowest BCUT2D eigenvalue weighted by Gasteiger charge is -2.02. The molecule has 0 unspecified atom stereocenters. The highest BCUT2D eigenvalue weighted by Crippen LogP contribution is 2.23. The number of amides is 1. The van der Waals surface area contributed by atoms with Crippen molar-refractivity contribution in [2.45, 2.75) is 6.42 Å². The van der Waals surface area contributed by atoms with Gasteiger partial charge in [0.05, 0.1) is 12.1 Å². The number of hydrogen-bond acceptors (Lipinski definition) is 5. The Balaban J connectivity index is 1.65. The summed E-state index contributed by atoms with van der Waals surface area (Å²) in [6.45, 7) is 0. The number of halogens is 1. The van der Waals surface area contributed by atoms with Gasteiger partial charge in [0.1, 0.15) is 12.0 Å². The summed E-state index contributed by atoms with van der Waals surface area (Å²) in [5.74, 6) is -0.120. The summed E-state index contributed by atoms with van der Waals surface area (Å²) >= 11 is 7.18. The fourth-order valence-corrected chi connectivity index (χ4v) is 2.69. The van der Waals surface area contributed by atoms with Gasteiger partial charge in [-0.15, -0.1) is 11.3 Å². The molecule has 2 heterocycles. The standard InChI is InChI=1S/C15H11ClN4OS/c16-11-3-1-10(2-4-11)7-14(21)20-15-19-13(8-22-15)12-5-6-17-9-18-12/h1-6,8-9H,7H2,(H,19,20,21). The molecule has 0 radical (unpaired) electrons. The SMILES string of the molecule is O=C(Cc1ccc(Cl)cc1)Nc1nc(-c2ccncn2)cs1. The summed E-state index contributed by atoms with van der Waals surface area (Å²) in [7, 11) is 0. The quantitative estimate of drug-likeness (QED) is 0.795. The number of hydrogen-bond donors (Lipinski definition) is 1. The van der Waals surface area contributed by atoms with Crippen LogP contribution in [0.15, 0.2) is 48.2 Å². The second kappa shape index (κ2) is 6.64. The molecule has 110 valence electrons. The molecule has 0 atom stereocenters. The van der Waals surface area contributed by atoms with E-state index >= 15 is 0 Å². The van der Waals surface area contributed by atoms with Crippen molar-refractivity contribution < 1.29 is 4.79 Å². The number of nitrogens with zero attached hydrogens (tertiary/aromatic N) is 3. The maximum atomic E-state index is 12.0. The molecule has 0 bridgehead atoms. The molecule has 0 aliphatic heterocycles. The zero-order chi connectivity index (χ0) is 15.4. The molecule has 0 aliphatic rings. The van der Waals surface area contributed by atoms with Crippen molar-refractivity contribution in [2.75, 3.05) is 5.32 Å². The molecule has 1 aromatic carbocycles. The number of nitrogens with one attached hydrogen (secondary N) is 1. The fourth-order valence-electron chi connectivity index (χ4n) is 1.84. The topological polar surface area (TPSA) is 67.8 Å². The first-order valence-electron chi connectivity index (χ1n) is 6.47. The summed E-state index contributed by atoms with van der Waals surface area (Å²) in [6, 6.07) is 8.96. The van der Waals surface area contributed by atoms with Crippen LogP contribution in [0.4, 0.5) is 5.13 Å². The lowest BCUT2D eigenvalue weighted by atomic mass is 10.1. The van der Waals surface area contributed by atoms with Crippen LogP contribution in [0.2, 0.25) is 5.02 Å². The van der Waals surface area contributed by atoms with Crippen LogP contribution in [-0.2, 0) is 11.2 Å². The molecule has 22 heavy (non-hydrogen) atoms. The van der Waals surface area contributed by atoms with E-state index in [4.69, 9.17) is 11.6 Å². The lowest BCUT2D eigenvalue weighted by molar-refractivity contribution is -0.115. The normalized spacial score (nSPS) is 10.4.